The average Bonchev–Trinajstić information content (AvgIpc) is 3.63. The predicted molar refractivity (Wildman–Crippen MR) is 131 cm³/mol. The van der Waals surface area contributed by atoms with E-state index in [2.05, 4.69) is 27.0 Å². The first-order valence-electron chi connectivity index (χ1n) is 12.0. The van der Waals surface area contributed by atoms with Gasteiger partial charge in [-0.2, -0.15) is 0 Å². The van der Waals surface area contributed by atoms with Crippen molar-refractivity contribution in [3.05, 3.63) is 47.8 Å². The van der Waals surface area contributed by atoms with Crippen LogP contribution < -0.4 is 9.64 Å². The van der Waals surface area contributed by atoms with Crippen LogP contribution in [0.2, 0.25) is 0 Å². The van der Waals surface area contributed by atoms with Crippen LogP contribution in [0.1, 0.15) is 61.9 Å². The van der Waals surface area contributed by atoms with Crippen molar-refractivity contribution in [1.29, 1.82) is 0 Å². The van der Waals surface area contributed by atoms with Crippen molar-refractivity contribution in [3.63, 3.8) is 0 Å². The van der Waals surface area contributed by atoms with E-state index >= 15 is 0 Å². The number of ether oxygens (including phenoxy) is 3. The molecular formula is C26H34N4O5. The summed E-state index contributed by atoms with van der Waals surface area (Å²) in [5.41, 5.74) is 0.969. The molecule has 0 radical (unpaired) electrons. The van der Waals surface area contributed by atoms with Crippen molar-refractivity contribution in [2.45, 2.75) is 63.6 Å². The van der Waals surface area contributed by atoms with Crippen LogP contribution in [0.4, 0.5) is 10.7 Å². The van der Waals surface area contributed by atoms with Crippen LogP contribution in [-0.4, -0.2) is 71.9 Å². The van der Waals surface area contributed by atoms with Gasteiger partial charge >= 0.3 is 12.1 Å². The van der Waals surface area contributed by atoms with Crippen molar-refractivity contribution in [3.8, 4) is 5.75 Å². The molecule has 0 bridgehead atoms. The van der Waals surface area contributed by atoms with Crippen LogP contribution in [-0.2, 0) is 9.47 Å². The Balaban J connectivity index is 1.44. The Labute approximate surface area is 206 Å². The van der Waals surface area contributed by atoms with Gasteiger partial charge in [0.25, 0.3) is 0 Å². The zero-order valence-electron chi connectivity index (χ0n) is 21.1. The molecule has 4 rings (SSSR count). The number of methoxy groups -OCH3 is 2. The summed E-state index contributed by atoms with van der Waals surface area (Å²) in [6, 6.07) is 8.27. The monoisotopic (exact) mass is 482 g/mol. The molecule has 2 aliphatic rings. The van der Waals surface area contributed by atoms with Crippen LogP contribution >= 0.6 is 0 Å². The number of piperidine rings is 1. The second-order valence-electron chi connectivity index (χ2n) is 10.1. The van der Waals surface area contributed by atoms with Crippen LogP contribution in [0.25, 0.3) is 0 Å². The second kappa shape index (κ2) is 10.1. The van der Waals surface area contributed by atoms with Gasteiger partial charge < -0.3 is 24.0 Å². The third-order valence-corrected chi connectivity index (χ3v) is 6.46. The van der Waals surface area contributed by atoms with Crippen LogP contribution in [0.5, 0.6) is 5.75 Å². The van der Waals surface area contributed by atoms with E-state index in [-0.39, 0.29) is 18.2 Å². The zero-order chi connectivity index (χ0) is 25.2. The molecule has 1 aromatic carbocycles. The molecule has 2 atom stereocenters. The number of anilines is 1. The van der Waals surface area contributed by atoms with Crippen LogP contribution in [0.15, 0.2) is 36.7 Å². The number of hydrogen-bond acceptors (Lipinski definition) is 8. The lowest BCUT2D eigenvalue weighted by Gasteiger charge is -2.39. The second-order valence-corrected chi connectivity index (χ2v) is 10.1. The van der Waals surface area contributed by atoms with E-state index in [0.29, 0.717) is 30.5 Å². The maximum absolute atomic E-state index is 13.3. The van der Waals surface area contributed by atoms with E-state index in [1.807, 2.05) is 37.8 Å². The van der Waals surface area contributed by atoms with Gasteiger partial charge in [-0.25, -0.2) is 19.6 Å². The minimum Gasteiger partial charge on any atom is -0.497 e. The first-order chi connectivity index (χ1) is 16.7. The highest BCUT2D eigenvalue weighted by Crippen LogP contribution is 2.47. The predicted octanol–water partition coefficient (Wildman–Crippen LogP) is 4.03. The summed E-state index contributed by atoms with van der Waals surface area (Å²) in [6.07, 6.45) is 5.20. The molecule has 1 saturated heterocycles. The van der Waals surface area contributed by atoms with E-state index in [1.54, 1.807) is 7.11 Å². The fourth-order valence-electron chi connectivity index (χ4n) is 4.62. The quantitative estimate of drug-likeness (QED) is 0.570. The first kappa shape index (κ1) is 24.8. The van der Waals surface area contributed by atoms with Gasteiger partial charge in [-0.3, -0.25) is 0 Å². The van der Waals surface area contributed by atoms with Crippen molar-refractivity contribution < 1.29 is 23.8 Å². The third kappa shape index (κ3) is 5.83. The number of carbonyl (C=O) groups is 2. The van der Waals surface area contributed by atoms with E-state index in [0.717, 1.165) is 25.0 Å². The molecule has 35 heavy (non-hydrogen) atoms. The SMILES string of the molecule is COC(=O)c1cnc(N2CCC(N(C(=O)OC(C)(C)C)C3CC3c3ccc(OC)cc3)CC2)nc1. The van der Waals surface area contributed by atoms with Crippen molar-refractivity contribution in [1.82, 2.24) is 14.9 Å². The maximum atomic E-state index is 13.3. The number of carbonyl (C=O) groups excluding carboxylic acids is 2. The molecule has 2 fully saturated rings. The fraction of sp³-hybridized carbons (Fsp3) is 0.538. The van der Waals surface area contributed by atoms with Crippen molar-refractivity contribution in [2.75, 3.05) is 32.2 Å². The molecule has 1 amide bonds. The Morgan fingerprint density at radius 2 is 1.66 bits per heavy atom. The molecule has 1 aliphatic carbocycles. The molecule has 9 heteroatoms. The topological polar surface area (TPSA) is 94.1 Å². The van der Waals surface area contributed by atoms with Crippen molar-refractivity contribution in [2.24, 2.45) is 0 Å². The van der Waals surface area contributed by atoms with Gasteiger partial charge in [0.1, 0.15) is 11.4 Å². The van der Waals surface area contributed by atoms with Gasteiger partial charge in [-0.15, -0.1) is 0 Å². The van der Waals surface area contributed by atoms with Gasteiger partial charge in [0.05, 0.1) is 19.8 Å². The number of hydrogen-bond donors (Lipinski definition) is 0. The van der Waals surface area contributed by atoms with E-state index in [4.69, 9.17) is 14.2 Å². The Morgan fingerprint density at radius 3 is 2.20 bits per heavy atom. The summed E-state index contributed by atoms with van der Waals surface area (Å²) in [4.78, 5) is 37.7. The van der Waals surface area contributed by atoms with Gasteiger partial charge in [0.15, 0.2) is 0 Å². The van der Waals surface area contributed by atoms with Crippen molar-refractivity contribution >= 4 is 18.0 Å². The molecule has 0 spiro atoms. The largest absolute Gasteiger partial charge is 0.497 e. The number of aromatic nitrogens is 2. The maximum Gasteiger partial charge on any atom is 0.410 e. The highest BCUT2D eigenvalue weighted by atomic mass is 16.6. The molecule has 1 aromatic heterocycles. The lowest BCUT2D eigenvalue weighted by atomic mass is 10.0. The highest BCUT2D eigenvalue weighted by molar-refractivity contribution is 5.88. The standard InChI is InChI=1S/C26H34N4O5/c1-26(2,3)35-25(32)30(22-14-21(22)17-6-8-20(33-4)9-7-17)19-10-12-29(13-11-19)24-27-15-18(16-28-24)23(31)34-5/h6-9,15-16,19,21-22H,10-14H2,1-5H3. The Kier molecular flexibility index (Phi) is 7.14. The van der Waals surface area contributed by atoms with Gasteiger partial charge in [-0.05, 0) is 57.7 Å². The highest BCUT2D eigenvalue weighted by Gasteiger charge is 2.49. The number of nitrogens with zero attached hydrogens (tertiary/aromatic N) is 4. The average molecular weight is 483 g/mol. The summed E-state index contributed by atoms with van der Waals surface area (Å²) in [5.74, 6) is 1.23. The Morgan fingerprint density at radius 1 is 1.03 bits per heavy atom. The van der Waals surface area contributed by atoms with E-state index in [1.165, 1.54) is 25.1 Å². The Bertz CT molecular complexity index is 1030. The number of rotatable bonds is 6. The molecular weight excluding hydrogens is 448 g/mol. The minimum atomic E-state index is -0.560. The fourth-order valence-corrected chi connectivity index (χ4v) is 4.62. The molecule has 188 valence electrons. The normalized spacial score (nSPS) is 20.2. The summed E-state index contributed by atoms with van der Waals surface area (Å²) in [6.45, 7) is 7.11. The van der Waals surface area contributed by atoms with Crippen LogP contribution in [0, 0.1) is 0 Å². The molecule has 2 unspecified atom stereocenters. The smallest absolute Gasteiger partial charge is 0.410 e. The molecule has 1 aliphatic heterocycles. The number of amides is 1. The van der Waals surface area contributed by atoms with E-state index < -0.39 is 11.6 Å². The first-order valence-corrected chi connectivity index (χ1v) is 12.0. The zero-order valence-corrected chi connectivity index (χ0v) is 21.1. The van der Waals surface area contributed by atoms with Crippen LogP contribution in [0.3, 0.4) is 0 Å². The lowest BCUT2D eigenvalue weighted by Crippen LogP contribution is -2.50. The summed E-state index contributed by atoms with van der Waals surface area (Å²) in [7, 11) is 2.99. The van der Waals surface area contributed by atoms with E-state index in [9.17, 15) is 9.59 Å². The van der Waals surface area contributed by atoms with Gasteiger partial charge in [0.2, 0.25) is 5.95 Å². The lowest BCUT2D eigenvalue weighted by molar-refractivity contribution is 0.0108. The summed E-state index contributed by atoms with van der Waals surface area (Å²) >= 11 is 0. The molecule has 2 aromatic rings. The molecule has 2 heterocycles. The number of benzene rings is 1. The summed E-state index contributed by atoms with van der Waals surface area (Å²) < 4.78 is 15.8. The Hall–Kier alpha value is -3.36. The minimum absolute atomic E-state index is 0.0729. The summed E-state index contributed by atoms with van der Waals surface area (Å²) in [5, 5.41) is 0. The molecule has 9 nitrogen and oxygen atoms in total. The molecule has 1 saturated carbocycles. The van der Waals surface area contributed by atoms with Gasteiger partial charge in [-0.1, -0.05) is 12.1 Å². The number of esters is 1. The third-order valence-electron chi connectivity index (χ3n) is 6.46. The molecule has 0 N–H and O–H groups in total. The van der Waals surface area contributed by atoms with Gasteiger partial charge in [0, 0.05) is 43.5 Å².